The molecule has 1 fully saturated rings. The zero-order valence-corrected chi connectivity index (χ0v) is 14.7. The molecule has 1 saturated heterocycles. The molecule has 0 aliphatic carbocycles. The summed E-state index contributed by atoms with van der Waals surface area (Å²) in [6, 6.07) is 0.698. The van der Waals surface area contributed by atoms with Crippen molar-refractivity contribution in [2.45, 2.75) is 56.7 Å². The molecule has 152 valence electrons. The van der Waals surface area contributed by atoms with Crippen molar-refractivity contribution in [1.29, 1.82) is 0 Å². The summed E-state index contributed by atoms with van der Waals surface area (Å²) in [5.41, 5.74) is 1.75. The van der Waals surface area contributed by atoms with Crippen LogP contribution in [0.3, 0.4) is 0 Å². The number of hydrogen-bond acceptors (Lipinski definition) is 3. The molecule has 0 bridgehead atoms. The molecule has 0 radical (unpaired) electrons. The average molecular weight is 398 g/mol. The van der Waals surface area contributed by atoms with E-state index in [0.29, 0.717) is 25.0 Å². The quantitative estimate of drug-likeness (QED) is 0.759. The van der Waals surface area contributed by atoms with E-state index >= 15 is 0 Å². The number of nitrogens with one attached hydrogen (secondary N) is 1. The molecule has 1 aliphatic rings. The third-order valence-electron chi connectivity index (χ3n) is 4.50. The number of benzene rings is 1. The number of ether oxygens (including phenoxy) is 1. The van der Waals surface area contributed by atoms with Crippen LogP contribution in [0, 0.1) is 0 Å². The molecule has 10 heteroatoms. The van der Waals surface area contributed by atoms with E-state index < -0.39 is 41.2 Å². The van der Waals surface area contributed by atoms with Crippen LogP contribution in [0.15, 0.2) is 18.2 Å². The maximum absolute atomic E-state index is 12.9. The van der Waals surface area contributed by atoms with Gasteiger partial charge < -0.3 is 15.8 Å². The summed E-state index contributed by atoms with van der Waals surface area (Å²) in [5.74, 6) is -0.376. The van der Waals surface area contributed by atoms with Crippen molar-refractivity contribution >= 4 is 5.91 Å². The molecule has 3 atom stereocenters. The summed E-state index contributed by atoms with van der Waals surface area (Å²) in [7, 11) is 0. The second-order valence-electron chi connectivity index (χ2n) is 6.99. The third-order valence-corrected chi connectivity index (χ3v) is 4.50. The Hall–Kier alpha value is -1.81. The molecule has 0 spiro atoms. The molecule has 0 aromatic heterocycles. The summed E-state index contributed by atoms with van der Waals surface area (Å²) in [5, 5.41) is 2.67. The van der Waals surface area contributed by atoms with E-state index in [0.717, 1.165) is 0 Å². The largest absolute Gasteiger partial charge is 0.416 e. The zero-order valence-electron chi connectivity index (χ0n) is 14.7. The van der Waals surface area contributed by atoms with Crippen LogP contribution < -0.4 is 11.1 Å². The number of amides is 1. The van der Waals surface area contributed by atoms with Crippen molar-refractivity contribution in [1.82, 2.24) is 5.32 Å². The molecule has 1 amide bonds. The molecular weight excluding hydrogens is 378 g/mol. The Bertz CT molecular complexity index is 671. The molecule has 3 unspecified atom stereocenters. The second kappa shape index (κ2) is 7.31. The first-order valence-corrected chi connectivity index (χ1v) is 8.20. The van der Waals surface area contributed by atoms with E-state index in [1.165, 1.54) is 6.92 Å². The molecule has 1 aromatic carbocycles. The number of piperidine rings is 1. The van der Waals surface area contributed by atoms with Crippen molar-refractivity contribution in [3.63, 3.8) is 0 Å². The number of carbonyl (C=O) groups excluding carboxylic acids is 1. The maximum atomic E-state index is 12.9. The first-order valence-electron chi connectivity index (χ1n) is 8.20. The molecule has 2 rings (SSSR count). The van der Waals surface area contributed by atoms with E-state index in [2.05, 4.69) is 5.32 Å². The Labute approximate surface area is 152 Å². The first-order chi connectivity index (χ1) is 12.2. The van der Waals surface area contributed by atoms with Gasteiger partial charge in [0, 0.05) is 0 Å². The predicted octanol–water partition coefficient (Wildman–Crippen LogP) is 3.80. The normalized spacial score (nSPS) is 25.2. The fourth-order valence-electron chi connectivity index (χ4n) is 2.78. The van der Waals surface area contributed by atoms with Crippen LogP contribution in [0.2, 0.25) is 0 Å². The van der Waals surface area contributed by atoms with Crippen molar-refractivity contribution in [2.75, 3.05) is 6.61 Å². The zero-order chi connectivity index (χ0) is 20.6. The van der Waals surface area contributed by atoms with E-state index in [-0.39, 0.29) is 24.1 Å². The van der Waals surface area contributed by atoms with Gasteiger partial charge in [-0.1, -0.05) is 0 Å². The van der Waals surface area contributed by atoms with E-state index in [9.17, 15) is 31.1 Å². The van der Waals surface area contributed by atoms with Crippen LogP contribution >= 0.6 is 0 Å². The monoisotopic (exact) mass is 398 g/mol. The van der Waals surface area contributed by atoms with Crippen LogP contribution in [0.25, 0.3) is 0 Å². The lowest BCUT2D eigenvalue weighted by Gasteiger charge is -2.37. The first kappa shape index (κ1) is 21.5. The Morgan fingerprint density at radius 1 is 1.19 bits per heavy atom. The lowest BCUT2D eigenvalue weighted by atomic mass is 9.89. The minimum atomic E-state index is -4.92. The van der Waals surface area contributed by atoms with E-state index in [1.807, 2.05) is 0 Å². The van der Waals surface area contributed by atoms with Crippen LogP contribution in [0.4, 0.5) is 26.3 Å². The molecular formula is C17H20F6N2O2. The maximum Gasteiger partial charge on any atom is 0.416 e. The highest BCUT2D eigenvalue weighted by atomic mass is 19.4. The fourth-order valence-corrected chi connectivity index (χ4v) is 2.78. The van der Waals surface area contributed by atoms with Gasteiger partial charge in [-0.3, -0.25) is 4.79 Å². The van der Waals surface area contributed by atoms with Gasteiger partial charge in [0.15, 0.2) is 0 Å². The number of nitrogens with two attached hydrogens (primary N) is 1. The summed E-state index contributed by atoms with van der Waals surface area (Å²) >= 11 is 0. The number of halogens is 6. The Balaban J connectivity index is 2.20. The summed E-state index contributed by atoms with van der Waals surface area (Å²) in [6.45, 7) is 2.95. The van der Waals surface area contributed by atoms with Crippen molar-refractivity contribution in [3.05, 3.63) is 34.9 Å². The second-order valence-corrected chi connectivity index (χ2v) is 6.99. The molecule has 3 N–H and O–H groups in total. The van der Waals surface area contributed by atoms with Crippen molar-refractivity contribution < 1.29 is 35.9 Å². The highest BCUT2D eigenvalue weighted by Crippen LogP contribution is 2.38. The number of carbonyl (C=O) groups is 1. The average Bonchev–Trinajstić information content (AvgIpc) is 2.54. The van der Waals surface area contributed by atoms with Gasteiger partial charge in [0.1, 0.15) is 0 Å². The Morgan fingerprint density at radius 3 is 2.15 bits per heavy atom. The number of rotatable bonds is 4. The van der Waals surface area contributed by atoms with Gasteiger partial charge in [-0.25, -0.2) is 0 Å². The SMILES string of the molecule is CC(OCC1(C)CCC(N)C(=O)N1)c1cc(C(F)(F)F)cc(C(F)(F)F)c1. The van der Waals surface area contributed by atoms with Gasteiger partial charge in [0.2, 0.25) is 5.91 Å². The molecule has 1 aromatic rings. The third kappa shape index (κ3) is 5.35. The highest BCUT2D eigenvalue weighted by molar-refractivity contribution is 5.83. The van der Waals surface area contributed by atoms with Gasteiger partial charge >= 0.3 is 12.4 Å². The Morgan fingerprint density at radius 2 is 1.70 bits per heavy atom. The van der Waals surface area contributed by atoms with Crippen molar-refractivity contribution in [2.24, 2.45) is 5.73 Å². The van der Waals surface area contributed by atoms with E-state index in [4.69, 9.17) is 10.5 Å². The summed E-state index contributed by atoms with van der Waals surface area (Å²) < 4.78 is 83.2. The summed E-state index contributed by atoms with van der Waals surface area (Å²) in [4.78, 5) is 11.7. The highest BCUT2D eigenvalue weighted by Gasteiger charge is 2.38. The minimum absolute atomic E-state index is 0.0697. The van der Waals surface area contributed by atoms with Crippen LogP contribution in [0.1, 0.15) is 49.5 Å². The van der Waals surface area contributed by atoms with Gasteiger partial charge in [-0.2, -0.15) is 26.3 Å². The van der Waals surface area contributed by atoms with Crippen molar-refractivity contribution in [3.8, 4) is 0 Å². The van der Waals surface area contributed by atoms with Crippen LogP contribution in [-0.2, 0) is 21.9 Å². The smallest absolute Gasteiger partial charge is 0.371 e. The molecule has 27 heavy (non-hydrogen) atoms. The minimum Gasteiger partial charge on any atom is -0.371 e. The van der Waals surface area contributed by atoms with E-state index in [1.54, 1.807) is 6.92 Å². The lowest BCUT2D eigenvalue weighted by molar-refractivity contribution is -0.143. The van der Waals surface area contributed by atoms with Crippen LogP contribution in [0.5, 0.6) is 0 Å². The number of hydrogen-bond donors (Lipinski definition) is 2. The summed E-state index contributed by atoms with van der Waals surface area (Å²) in [6.07, 6.45) is -10.0. The van der Waals surface area contributed by atoms with Gasteiger partial charge in [-0.05, 0) is 50.5 Å². The Kier molecular flexibility index (Phi) is 5.82. The predicted molar refractivity (Wildman–Crippen MR) is 84.6 cm³/mol. The number of alkyl halides is 6. The molecule has 4 nitrogen and oxygen atoms in total. The lowest BCUT2D eigenvalue weighted by Crippen LogP contribution is -2.59. The van der Waals surface area contributed by atoms with Crippen LogP contribution in [-0.4, -0.2) is 24.1 Å². The molecule has 1 heterocycles. The van der Waals surface area contributed by atoms with Gasteiger partial charge in [0.25, 0.3) is 0 Å². The van der Waals surface area contributed by atoms with Gasteiger partial charge in [-0.15, -0.1) is 0 Å². The standard InChI is InChI=1S/C17H20F6N2O2/c1-9(27-8-15(2)4-3-13(24)14(26)25-15)10-5-11(16(18,19)20)7-12(6-10)17(21,22)23/h5-7,9,13H,3-4,8,24H2,1-2H3,(H,25,26). The fraction of sp³-hybridized carbons (Fsp3) is 0.588. The molecule has 1 aliphatic heterocycles. The van der Waals surface area contributed by atoms with Gasteiger partial charge in [0.05, 0.1) is 35.4 Å². The topological polar surface area (TPSA) is 64.3 Å². The molecule has 0 saturated carbocycles.